The molecule has 0 saturated carbocycles. The molecule has 2 atom stereocenters. The van der Waals surface area contributed by atoms with Gasteiger partial charge in [-0.3, -0.25) is 9.48 Å². The predicted molar refractivity (Wildman–Crippen MR) is 91.3 cm³/mol. The Labute approximate surface area is 146 Å². The molecule has 2 aliphatic rings. The van der Waals surface area contributed by atoms with E-state index >= 15 is 0 Å². The van der Waals surface area contributed by atoms with Gasteiger partial charge in [0.15, 0.2) is 6.10 Å². The third kappa shape index (κ3) is 2.88. The number of nitrogens with zero attached hydrogens (tertiary/aromatic N) is 3. The van der Waals surface area contributed by atoms with Crippen LogP contribution in [0.25, 0.3) is 0 Å². The lowest BCUT2D eigenvalue weighted by Gasteiger charge is -2.27. The molecule has 24 heavy (non-hydrogen) atoms. The molecule has 126 valence electrons. The molecule has 1 aromatic heterocycles. The van der Waals surface area contributed by atoms with Crippen molar-refractivity contribution in [2.75, 3.05) is 6.54 Å². The summed E-state index contributed by atoms with van der Waals surface area (Å²) in [7, 11) is 0. The van der Waals surface area contributed by atoms with Crippen molar-refractivity contribution in [3.05, 3.63) is 46.7 Å². The standard InChI is InChI=1S/C18H20ClN3O2/c1-12-9-20-21(10-12)11-15-3-2-6-22(15)18(23)17-8-13-7-14(19)4-5-16(13)24-17/h4-5,7,9-10,15,17H,2-3,6,8,11H2,1H3/t15-,17+/m0/s1. The third-order valence-corrected chi connectivity index (χ3v) is 5.03. The average molecular weight is 346 g/mol. The summed E-state index contributed by atoms with van der Waals surface area (Å²) in [6.07, 6.45) is 6.07. The SMILES string of the molecule is Cc1cnn(C[C@@H]2CCCN2C(=O)[C@H]2Cc3cc(Cl)ccc3O2)c1. The second-order valence-electron chi connectivity index (χ2n) is 6.63. The number of aryl methyl sites for hydroxylation is 1. The molecule has 6 heteroatoms. The first-order chi connectivity index (χ1) is 11.6. The summed E-state index contributed by atoms with van der Waals surface area (Å²) < 4.78 is 7.79. The Hall–Kier alpha value is -2.01. The number of hydrogen-bond acceptors (Lipinski definition) is 3. The Morgan fingerprint density at radius 1 is 1.46 bits per heavy atom. The minimum atomic E-state index is -0.432. The fourth-order valence-electron chi connectivity index (χ4n) is 3.64. The Morgan fingerprint density at radius 2 is 2.33 bits per heavy atom. The molecule has 0 bridgehead atoms. The van der Waals surface area contributed by atoms with E-state index in [1.807, 2.05) is 41.0 Å². The number of fused-ring (bicyclic) bond motifs is 1. The molecule has 0 aliphatic carbocycles. The molecular formula is C18H20ClN3O2. The molecule has 0 spiro atoms. The van der Waals surface area contributed by atoms with E-state index in [0.29, 0.717) is 11.4 Å². The predicted octanol–water partition coefficient (Wildman–Crippen LogP) is 2.84. The molecule has 3 heterocycles. The lowest BCUT2D eigenvalue weighted by atomic mass is 10.1. The van der Waals surface area contributed by atoms with Gasteiger partial charge in [-0.05, 0) is 49.1 Å². The van der Waals surface area contributed by atoms with Gasteiger partial charge in [-0.2, -0.15) is 5.10 Å². The van der Waals surface area contributed by atoms with Gasteiger partial charge < -0.3 is 9.64 Å². The minimum absolute atomic E-state index is 0.0775. The van der Waals surface area contributed by atoms with Gasteiger partial charge in [0.1, 0.15) is 5.75 Å². The normalized spacial score (nSPS) is 22.5. The van der Waals surface area contributed by atoms with Crippen molar-refractivity contribution < 1.29 is 9.53 Å². The van der Waals surface area contributed by atoms with Crippen molar-refractivity contribution in [3.63, 3.8) is 0 Å². The quantitative estimate of drug-likeness (QED) is 0.859. The van der Waals surface area contributed by atoms with E-state index in [9.17, 15) is 4.79 Å². The average Bonchev–Trinajstić information content (AvgIpc) is 3.26. The molecule has 2 aliphatic heterocycles. The van der Waals surface area contributed by atoms with Gasteiger partial charge in [-0.1, -0.05) is 11.6 Å². The number of halogens is 1. The maximum absolute atomic E-state index is 12.9. The lowest BCUT2D eigenvalue weighted by Crippen LogP contribution is -2.45. The summed E-state index contributed by atoms with van der Waals surface area (Å²) in [5.41, 5.74) is 2.15. The summed E-state index contributed by atoms with van der Waals surface area (Å²) in [4.78, 5) is 14.9. The van der Waals surface area contributed by atoms with Crippen molar-refractivity contribution in [1.82, 2.24) is 14.7 Å². The van der Waals surface area contributed by atoms with Gasteiger partial charge in [-0.15, -0.1) is 0 Å². The van der Waals surface area contributed by atoms with Crippen molar-refractivity contribution in [3.8, 4) is 5.75 Å². The molecule has 5 nitrogen and oxygen atoms in total. The number of ether oxygens (including phenoxy) is 1. The Balaban J connectivity index is 1.46. The zero-order valence-corrected chi connectivity index (χ0v) is 14.4. The van der Waals surface area contributed by atoms with E-state index in [1.165, 1.54) is 0 Å². The molecule has 0 radical (unpaired) electrons. The maximum Gasteiger partial charge on any atom is 0.264 e. The first kappa shape index (κ1) is 15.5. The molecule has 0 N–H and O–H groups in total. The number of hydrogen-bond donors (Lipinski definition) is 0. The Kier molecular flexibility index (Phi) is 3.96. The number of amides is 1. The molecule has 1 amide bonds. The second kappa shape index (κ2) is 6.13. The molecule has 1 fully saturated rings. The molecule has 0 unspecified atom stereocenters. The number of carbonyl (C=O) groups excluding carboxylic acids is 1. The van der Waals surface area contributed by atoms with Crippen LogP contribution in [0.2, 0.25) is 5.02 Å². The van der Waals surface area contributed by atoms with Gasteiger partial charge in [-0.25, -0.2) is 0 Å². The van der Waals surface area contributed by atoms with Gasteiger partial charge in [0, 0.05) is 24.2 Å². The van der Waals surface area contributed by atoms with Crippen LogP contribution in [-0.2, 0) is 17.8 Å². The van der Waals surface area contributed by atoms with Crippen LogP contribution in [-0.4, -0.2) is 39.3 Å². The van der Waals surface area contributed by atoms with Gasteiger partial charge in [0.25, 0.3) is 5.91 Å². The summed E-state index contributed by atoms with van der Waals surface area (Å²) in [6, 6.07) is 5.72. The summed E-state index contributed by atoms with van der Waals surface area (Å²) in [5.74, 6) is 0.852. The second-order valence-corrected chi connectivity index (χ2v) is 7.07. The van der Waals surface area contributed by atoms with Crippen LogP contribution in [0.15, 0.2) is 30.6 Å². The highest BCUT2D eigenvalue weighted by atomic mass is 35.5. The van der Waals surface area contributed by atoms with Crippen molar-refractivity contribution in [2.24, 2.45) is 0 Å². The molecule has 4 rings (SSSR count). The molecule has 1 saturated heterocycles. The van der Waals surface area contributed by atoms with Crippen LogP contribution in [0.3, 0.4) is 0 Å². The van der Waals surface area contributed by atoms with Gasteiger partial charge in [0.05, 0.1) is 18.8 Å². The Morgan fingerprint density at radius 3 is 3.12 bits per heavy atom. The topological polar surface area (TPSA) is 47.4 Å². The van der Waals surface area contributed by atoms with Crippen molar-refractivity contribution in [1.29, 1.82) is 0 Å². The molecular weight excluding hydrogens is 326 g/mol. The first-order valence-electron chi connectivity index (χ1n) is 8.35. The van der Waals surface area contributed by atoms with Gasteiger partial charge >= 0.3 is 0 Å². The summed E-state index contributed by atoms with van der Waals surface area (Å²) in [5, 5.41) is 5.02. The highest BCUT2D eigenvalue weighted by molar-refractivity contribution is 6.30. The van der Waals surface area contributed by atoms with E-state index in [-0.39, 0.29) is 11.9 Å². The number of likely N-dealkylation sites (tertiary alicyclic amines) is 1. The number of carbonyl (C=O) groups is 1. The van der Waals surface area contributed by atoms with Crippen LogP contribution in [0.4, 0.5) is 0 Å². The summed E-state index contributed by atoms with van der Waals surface area (Å²) >= 11 is 6.03. The molecule has 2 aromatic rings. The minimum Gasteiger partial charge on any atom is -0.480 e. The van der Waals surface area contributed by atoms with Gasteiger partial charge in [0.2, 0.25) is 0 Å². The van der Waals surface area contributed by atoms with E-state index in [4.69, 9.17) is 16.3 Å². The first-order valence-corrected chi connectivity index (χ1v) is 8.72. The van der Waals surface area contributed by atoms with E-state index < -0.39 is 6.10 Å². The highest BCUT2D eigenvalue weighted by Gasteiger charge is 2.37. The van der Waals surface area contributed by atoms with E-state index in [0.717, 1.165) is 42.8 Å². The van der Waals surface area contributed by atoms with Crippen molar-refractivity contribution >= 4 is 17.5 Å². The van der Waals surface area contributed by atoms with Crippen LogP contribution < -0.4 is 4.74 Å². The van der Waals surface area contributed by atoms with Crippen LogP contribution in [0.1, 0.15) is 24.0 Å². The van der Waals surface area contributed by atoms with Crippen LogP contribution in [0.5, 0.6) is 5.75 Å². The smallest absolute Gasteiger partial charge is 0.264 e. The fraction of sp³-hybridized carbons (Fsp3) is 0.444. The number of aromatic nitrogens is 2. The fourth-order valence-corrected chi connectivity index (χ4v) is 3.83. The zero-order valence-electron chi connectivity index (χ0n) is 13.6. The van der Waals surface area contributed by atoms with E-state index in [1.54, 1.807) is 6.07 Å². The summed E-state index contributed by atoms with van der Waals surface area (Å²) in [6.45, 7) is 3.56. The van der Waals surface area contributed by atoms with Crippen LogP contribution >= 0.6 is 11.6 Å². The zero-order chi connectivity index (χ0) is 16.7. The maximum atomic E-state index is 12.9. The van der Waals surface area contributed by atoms with E-state index in [2.05, 4.69) is 5.10 Å². The largest absolute Gasteiger partial charge is 0.480 e. The lowest BCUT2D eigenvalue weighted by molar-refractivity contribution is -0.139. The Bertz CT molecular complexity index is 773. The van der Waals surface area contributed by atoms with Crippen LogP contribution in [0, 0.1) is 6.92 Å². The monoisotopic (exact) mass is 345 g/mol. The van der Waals surface area contributed by atoms with Crippen molar-refractivity contribution in [2.45, 2.75) is 44.9 Å². The number of rotatable bonds is 3. The number of benzene rings is 1. The third-order valence-electron chi connectivity index (χ3n) is 4.79. The molecule has 1 aromatic carbocycles. The highest BCUT2D eigenvalue weighted by Crippen LogP contribution is 2.33.